The predicted octanol–water partition coefficient (Wildman–Crippen LogP) is 2.57. The molecule has 1 heterocycles. The summed E-state index contributed by atoms with van der Waals surface area (Å²) in [7, 11) is 0. The molecule has 1 fully saturated rings. The maximum Gasteiger partial charge on any atom is 0.166 e. The highest BCUT2D eigenvalue weighted by atomic mass is 79.9. The van der Waals surface area contributed by atoms with E-state index in [2.05, 4.69) is 15.9 Å². The fraction of sp³-hybridized carbons (Fsp3) is 0.364. The van der Waals surface area contributed by atoms with Gasteiger partial charge in [0.05, 0.1) is 12.2 Å². The number of ketones is 1. The van der Waals surface area contributed by atoms with Crippen molar-refractivity contribution in [2.45, 2.75) is 13.0 Å². The minimum atomic E-state index is -0.541. The van der Waals surface area contributed by atoms with Crippen molar-refractivity contribution in [1.29, 1.82) is 0 Å². The van der Waals surface area contributed by atoms with E-state index in [1.54, 1.807) is 6.07 Å². The maximum absolute atomic E-state index is 13.6. The highest BCUT2D eigenvalue weighted by molar-refractivity contribution is 9.10. The lowest BCUT2D eigenvalue weighted by Gasteiger charge is -2.10. The third-order valence-electron chi connectivity index (χ3n) is 2.20. The summed E-state index contributed by atoms with van der Waals surface area (Å²) in [4.78, 5) is 11.3. The van der Waals surface area contributed by atoms with E-state index in [1.807, 2.05) is 0 Å². The summed E-state index contributed by atoms with van der Waals surface area (Å²) in [5, 5.41) is 0. The molecule has 1 unspecified atom stereocenters. The van der Waals surface area contributed by atoms with Crippen molar-refractivity contribution in [3.05, 3.63) is 28.0 Å². The Kier molecular flexibility index (Phi) is 3.25. The van der Waals surface area contributed by atoms with Crippen LogP contribution in [0.3, 0.4) is 0 Å². The molecule has 1 aromatic rings. The molecule has 1 saturated heterocycles. The van der Waals surface area contributed by atoms with E-state index in [1.165, 1.54) is 13.0 Å². The molecule has 0 aromatic heterocycles. The largest absolute Gasteiger partial charge is 0.487 e. The smallest absolute Gasteiger partial charge is 0.166 e. The average molecular weight is 289 g/mol. The first kappa shape index (κ1) is 11.5. The molecule has 0 saturated carbocycles. The van der Waals surface area contributed by atoms with Crippen LogP contribution in [0.5, 0.6) is 5.75 Å². The average Bonchev–Trinajstić information content (AvgIpc) is 2.98. The Hall–Kier alpha value is -0.940. The van der Waals surface area contributed by atoms with E-state index < -0.39 is 5.82 Å². The number of hydrogen-bond acceptors (Lipinski definition) is 3. The van der Waals surface area contributed by atoms with Gasteiger partial charge in [0.15, 0.2) is 17.3 Å². The van der Waals surface area contributed by atoms with E-state index in [9.17, 15) is 9.18 Å². The molecule has 3 nitrogen and oxygen atoms in total. The molecule has 1 aromatic carbocycles. The van der Waals surface area contributed by atoms with Gasteiger partial charge in [-0.05, 0) is 19.1 Å². The lowest BCUT2D eigenvalue weighted by atomic mass is 10.1. The number of rotatable bonds is 4. The molecule has 0 amide bonds. The summed E-state index contributed by atoms with van der Waals surface area (Å²) < 4.78 is 24.3. The molecule has 1 atom stereocenters. The van der Waals surface area contributed by atoms with Crippen molar-refractivity contribution in [3.63, 3.8) is 0 Å². The lowest BCUT2D eigenvalue weighted by molar-refractivity contribution is 0.101. The number of ether oxygens (including phenoxy) is 2. The van der Waals surface area contributed by atoms with E-state index in [4.69, 9.17) is 9.47 Å². The molecule has 1 aliphatic rings. The molecule has 16 heavy (non-hydrogen) atoms. The topological polar surface area (TPSA) is 38.8 Å². The standard InChI is InChI=1S/C11H10BrFO3/c1-6(14)9-2-7(12)3-10(13)11(9)16-5-8-4-15-8/h2-3,8H,4-5H2,1H3. The van der Waals surface area contributed by atoms with Gasteiger partial charge in [0.1, 0.15) is 12.7 Å². The Labute approximate surface area is 101 Å². The second kappa shape index (κ2) is 4.51. The number of carbonyl (C=O) groups is 1. The summed E-state index contributed by atoms with van der Waals surface area (Å²) in [5.41, 5.74) is 0.243. The van der Waals surface area contributed by atoms with E-state index >= 15 is 0 Å². The lowest BCUT2D eigenvalue weighted by Crippen LogP contribution is -2.09. The third-order valence-corrected chi connectivity index (χ3v) is 2.66. The molecule has 0 N–H and O–H groups in total. The minimum Gasteiger partial charge on any atom is -0.487 e. The Morgan fingerprint density at radius 3 is 2.94 bits per heavy atom. The molecule has 2 rings (SSSR count). The van der Waals surface area contributed by atoms with Gasteiger partial charge < -0.3 is 9.47 Å². The van der Waals surface area contributed by atoms with Gasteiger partial charge in [0.25, 0.3) is 0 Å². The second-order valence-electron chi connectivity index (χ2n) is 3.59. The fourth-order valence-electron chi connectivity index (χ4n) is 1.31. The van der Waals surface area contributed by atoms with Crippen molar-refractivity contribution in [2.75, 3.05) is 13.2 Å². The van der Waals surface area contributed by atoms with Crippen molar-refractivity contribution in [1.82, 2.24) is 0 Å². The zero-order valence-corrected chi connectivity index (χ0v) is 10.2. The Bertz CT molecular complexity index is 429. The molecular formula is C11H10BrFO3. The van der Waals surface area contributed by atoms with Gasteiger partial charge in [-0.15, -0.1) is 0 Å². The van der Waals surface area contributed by atoms with Crippen LogP contribution >= 0.6 is 15.9 Å². The number of Topliss-reactive ketones (excluding diaryl/α,β-unsaturated/α-hetero) is 1. The number of hydrogen-bond donors (Lipinski definition) is 0. The predicted molar refractivity (Wildman–Crippen MR) is 59.3 cm³/mol. The fourth-order valence-corrected chi connectivity index (χ4v) is 1.74. The molecule has 0 spiro atoms. The maximum atomic E-state index is 13.6. The van der Waals surface area contributed by atoms with E-state index in [0.717, 1.165) is 0 Å². The first-order chi connectivity index (χ1) is 7.58. The Morgan fingerprint density at radius 1 is 1.69 bits per heavy atom. The minimum absolute atomic E-state index is 0.00574. The van der Waals surface area contributed by atoms with Crippen molar-refractivity contribution >= 4 is 21.7 Å². The molecule has 5 heteroatoms. The van der Waals surface area contributed by atoms with Crippen LogP contribution in [0.2, 0.25) is 0 Å². The SMILES string of the molecule is CC(=O)c1cc(Br)cc(F)c1OCC1CO1. The van der Waals surface area contributed by atoms with Crippen molar-refractivity contribution in [3.8, 4) is 5.75 Å². The molecule has 1 aliphatic heterocycles. The summed E-state index contributed by atoms with van der Waals surface area (Å²) >= 11 is 3.14. The normalized spacial score (nSPS) is 18.3. The van der Waals surface area contributed by atoms with E-state index in [-0.39, 0.29) is 29.8 Å². The van der Waals surface area contributed by atoms with Crippen LogP contribution < -0.4 is 4.74 Å². The monoisotopic (exact) mass is 288 g/mol. The molecule has 0 radical (unpaired) electrons. The Balaban J connectivity index is 2.27. The number of benzene rings is 1. The van der Waals surface area contributed by atoms with Gasteiger partial charge in [-0.25, -0.2) is 4.39 Å². The highest BCUT2D eigenvalue weighted by Gasteiger charge is 2.25. The number of epoxide rings is 1. The van der Waals surface area contributed by atoms with E-state index in [0.29, 0.717) is 11.1 Å². The van der Waals surface area contributed by atoms with Crippen LogP contribution in [0.25, 0.3) is 0 Å². The van der Waals surface area contributed by atoms with Crippen LogP contribution in [0.4, 0.5) is 4.39 Å². The Morgan fingerprint density at radius 2 is 2.38 bits per heavy atom. The zero-order chi connectivity index (χ0) is 11.7. The van der Waals surface area contributed by atoms with Crippen LogP contribution in [0, 0.1) is 5.82 Å². The van der Waals surface area contributed by atoms with Gasteiger partial charge in [0.2, 0.25) is 0 Å². The molecule has 0 aliphatic carbocycles. The van der Waals surface area contributed by atoms with Gasteiger partial charge >= 0.3 is 0 Å². The summed E-state index contributed by atoms with van der Waals surface area (Å²) in [6, 6.07) is 2.82. The second-order valence-corrected chi connectivity index (χ2v) is 4.50. The van der Waals surface area contributed by atoms with Gasteiger partial charge in [-0.1, -0.05) is 15.9 Å². The number of halogens is 2. The van der Waals surface area contributed by atoms with Crippen LogP contribution in [-0.4, -0.2) is 25.1 Å². The van der Waals surface area contributed by atoms with Gasteiger partial charge in [-0.2, -0.15) is 0 Å². The zero-order valence-electron chi connectivity index (χ0n) is 8.63. The highest BCUT2D eigenvalue weighted by Crippen LogP contribution is 2.28. The first-order valence-corrected chi connectivity index (χ1v) is 5.61. The van der Waals surface area contributed by atoms with Crippen molar-refractivity contribution in [2.24, 2.45) is 0 Å². The van der Waals surface area contributed by atoms with Gasteiger partial charge in [-0.3, -0.25) is 4.79 Å². The summed E-state index contributed by atoms with van der Waals surface area (Å²) in [5.74, 6) is -0.765. The summed E-state index contributed by atoms with van der Waals surface area (Å²) in [6.07, 6.45) is 0.0304. The van der Waals surface area contributed by atoms with Crippen LogP contribution in [0.15, 0.2) is 16.6 Å². The molecule has 86 valence electrons. The molecular weight excluding hydrogens is 279 g/mol. The van der Waals surface area contributed by atoms with Crippen LogP contribution in [-0.2, 0) is 4.74 Å². The molecule has 0 bridgehead atoms. The quantitative estimate of drug-likeness (QED) is 0.631. The third kappa shape index (κ3) is 2.59. The summed E-state index contributed by atoms with van der Waals surface area (Å²) in [6.45, 7) is 2.29. The van der Waals surface area contributed by atoms with Crippen LogP contribution in [0.1, 0.15) is 17.3 Å². The van der Waals surface area contributed by atoms with Crippen molar-refractivity contribution < 1.29 is 18.7 Å². The first-order valence-electron chi connectivity index (χ1n) is 4.82. The number of carbonyl (C=O) groups excluding carboxylic acids is 1. The van der Waals surface area contributed by atoms with Gasteiger partial charge in [0, 0.05) is 4.47 Å².